The van der Waals surface area contributed by atoms with Crippen molar-refractivity contribution in [2.75, 3.05) is 18.8 Å². The van der Waals surface area contributed by atoms with Gasteiger partial charge in [-0.2, -0.15) is 0 Å². The van der Waals surface area contributed by atoms with Crippen LogP contribution in [0.15, 0.2) is 0 Å². The predicted molar refractivity (Wildman–Crippen MR) is 73.9 cm³/mol. The summed E-state index contributed by atoms with van der Waals surface area (Å²) in [5, 5.41) is 3.14. The zero-order chi connectivity index (χ0) is 13.2. The van der Waals surface area contributed by atoms with Crippen molar-refractivity contribution in [3.63, 3.8) is 0 Å². The van der Waals surface area contributed by atoms with Gasteiger partial charge in [-0.15, -0.1) is 0 Å². The Balaban J connectivity index is 1.70. The lowest BCUT2D eigenvalue weighted by molar-refractivity contribution is 0.401. The van der Waals surface area contributed by atoms with E-state index in [1.807, 2.05) is 13.8 Å². The number of nitrogens with one attached hydrogen (secondary N) is 2. The van der Waals surface area contributed by atoms with E-state index in [2.05, 4.69) is 10.0 Å². The molecule has 2 aliphatic rings. The molecule has 2 N–H and O–H groups in total. The van der Waals surface area contributed by atoms with Crippen LogP contribution in [-0.2, 0) is 10.0 Å². The molecule has 0 saturated heterocycles. The third-order valence-electron chi connectivity index (χ3n) is 3.92. The van der Waals surface area contributed by atoms with E-state index in [1.165, 1.54) is 25.7 Å². The average molecular weight is 274 g/mol. The third-order valence-corrected chi connectivity index (χ3v) is 5.27. The van der Waals surface area contributed by atoms with E-state index in [4.69, 9.17) is 0 Å². The Morgan fingerprint density at radius 3 is 2.11 bits per heavy atom. The summed E-state index contributed by atoms with van der Waals surface area (Å²) in [6.07, 6.45) is 5.21. The van der Waals surface area contributed by atoms with Gasteiger partial charge >= 0.3 is 0 Å². The molecule has 2 aliphatic carbocycles. The predicted octanol–water partition coefficient (Wildman–Crippen LogP) is 1.34. The van der Waals surface area contributed by atoms with Crippen molar-refractivity contribution >= 4 is 10.0 Å². The lowest BCUT2D eigenvalue weighted by Crippen LogP contribution is -2.37. The third kappa shape index (κ3) is 4.86. The second-order valence-corrected chi connectivity index (χ2v) is 8.04. The van der Waals surface area contributed by atoms with Crippen molar-refractivity contribution in [2.45, 2.75) is 45.6 Å². The van der Waals surface area contributed by atoms with Crippen molar-refractivity contribution in [3.05, 3.63) is 0 Å². The summed E-state index contributed by atoms with van der Waals surface area (Å²) in [7, 11) is -3.10. The van der Waals surface area contributed by atoms with Crippen LogP contribution in [0.1, 0.15) is 39.5 Å². The van der Waals surface area contributed by atoms with Gasteiger partial charge in [0.1, 0.15) is 0 Å². The summed E-state index contributed by atoms with van der Waals surface area (Å²) in [5.74, 6) is 2.40. The highest BCUT2D eigenvalue weighted by Crippen LogP contribution is 2.48. The maximum atomic E-state index is 11.9. The van der Waals surface area contributed by atoms with Gasteiger partial charge in [-0.3, -0.25) is 0 Å². The molecule has 18 heavy (non-hydrogen) atoms. The largest absolute Gasteiger partial charge is 0.313 e. The molecule has 0 heterocycles. The minimum absolute atomic E-state index is 0.188. The highest BCUT2D eigenvalue weighted by Gasteiger charge is 2.41. The van der Waals surface area contributed by atoms with Gasteiger partial charge in [0.25, 0.3) is 0 Å². The zero-order valence-electron chi connectivity index (χ0n) is 11.5. The second-order valence-electron chi connectivity index (χ2n) is 6.11. The Bertz CT molecular complexity index is 347. The van der Waals surface area contributed by atoms with E-state index in [9.17, 15) is 8.42 Å². The first-order chi connectivity index (χ1) is 8.48. The summed E-state index contributed by atoms with van der Waals surface area (Å²) >= 11 is 0. The number of sulfonamides is 1. The minimum Gasteiger partial charge on any atom is -0.313 e. The lowest BCUT2D eigenvalue weighted by atomic mass is 9.99. The quantitative estimate of drug-likeness (QED) is 0.667. The molecule has 2 saturated carbocycles. The summed E-state index contributed by atoms with van der Waals surface area (Å²) < 4.78 is 26.5. The van der Waals surface area contributed by atoms with Gasteiger partial charge in [-0.25, -0.2) is 13.1 Å². The van der Waals surface area contributed by atoms with Crippen LogP contribution >= 0.6 is 0 Å². The molecule has 0 amide bonds. The highest BCUT2D eigenvalue weighted by molar-refractivity contribution is 7.89. The second kappa shape index (κ2) is 5.88. The Morgan fingerprint density at radius 1 is 1.11 bits per heavy atom. The SMILES string of the molecule is CC(C)NCCS(=O)(=O)NCC(C1CC1)C1CC1. The fraction of sp³-hybridized carbons (Fsp3) is 1.00. The number of hydrogen-bond acceptors (Lipinski definition) is 3. The molecule has 0 atom stereocenters. The molecule has 4 nitrogen and oxygen atoms in total. The first-order valence-electron chi connectivity index (χ1n) is 7.18. The summed E-state index contributed by atoms with van der Waals surface area (Å²) in [4.78, 5) is 0. The molecule has 2 fully saturated rings. The van der Waals surface area contributed by atoms with Gasteiger partial charge in [-0.1, -0.05) is 13.8 Å². The Hall–Kier alpha value is -0.130. The molecule has 106 valence electrons. The smallest absolute Gasteiger partial charge is 0.212 e. The Kier molecular flexibility index (Phi) is 4.67. The normalized spacial score (nSPS) is 20.9. The minimum atomic E-state index is -3.10. The zero-order valence-corrected chi connectivity index (χ0v) is 12.3. The van der Waals surface area contributed by atoms with Gasteiger partial charge in [0.05, 0.1) is 5.75 Å². The van der Waals surface area contributed by atoms with Gasteiger partial charge in [0.15, 0.2) is 0 Å². The topological polar surface area (TPSA) is 58.2 Å². The standard InChI is InChI=1S/C13H26N2O2S/c1-10(2)14-7-8-18(16,17)15-9-13(11-3-4-11)12-5-6-12/h10-15H,3-9H2,1-2H3. The van der Waals surface area contributed by atoms with Crippen LogP contribution in [0.3, 0.4) is 0 Å². The maximum Gasteiger partial charge on any atom is 0.212 e. The number of hydrogen-bond donors (Lipinski definition) is 2. The molecular formula is C13H26N2O2S. The van der Waals surface area contributed by atoms with E-state index >= 15 is 0 Å². The van der Waals surface area contributed by atoms with E-state index in [0.717, 1.165) is 11.8 Å². The molecule has 0 bridgehead atoms. The molecule has 2 rings (SSSR count). The van der Waals surface area contributed by atoms with Gasteiger partial charge in [0.2, 0.25) is 10.0 Å². The van der Waals surface area contributed by atoms with E-state index in [1.54, 1.807) is 0 Å². The molecular weight excluding hydrogens is 248 g/mol. The van der Waals surface area contributed by atoms with Crippen molar-refractivity contribution in [1.29, 1.82) is 0 Å². The van der Waals surface area contributed by atoms with Crippen molar-refractivity contribution < 1.29 is 8.42 Å². The first-order valence-corrected chi connectivity index (χ1v) is 8.84. The first kappa shape index (κ1) is 14.3. The summed E-state index contributed by atoms with van der Waals surface area (Å²) in [6, 6.07) is 0.339. The van der Waals surface area contributed by atoms with E-state index < -0.39 is 10.0 Å². The van der Waals surface area contributed by atoms with E-state index in [0.29, 0.717) is 25.0 Å². The molecule has 0 unspecified atom stereocenters. The summed E-state index contributed by atoms with van der Waals surface area (Å²) in [5.41, 5.74) is 0. The number of rotatable bonds is 9. The maximum absolute atomic E-state index is 11.9. The van der Waals surface area contributed by atoms with E-state index in [-0.39, 0.29) is 5.75 Å². The van der Waals surface area contributed by atoms with Crippen LogP contribution in [0, 0.1) is 17.8 Å². The van der Waals surface area contributed by atoms with Crippen LogP contribution in [0.2, 0.25) is 0 Å². The van der Waals surface area contributed by atoms with Crippen molar-refractivity contribution in [2.24, 2.45) is 17.8 Å². The van der Waals surface area contributed by atoms with Crippen LogP contribution in [-0.4, -0.2) is 33.3 Å². The monoisotopic (exact) mass is 274 g/mol. The lowest BCUT2D eigenvalue weighted by Gasteiger charge is -2.16. The Morgan fingerprint density at radius 2 is 1.67 bits per heavy atom. The molecule has 5 heteroatoms. The van der Waals surface area contributed by atoms with Crippen LogP contribution in [0.25, 0.3) is 0 Å². The van der Waals surface area contributed by atoms with Crippen LogP contribution in [0.5, 0.6) is 0 Å². The summed E-state index contributed by atoms with van der Waals surface area (Å²) in [6.45, 7) is 5.25. The van der Waals surface area contributed by atoms with Gasteiger partial charge in [-0.05, 0) is 43.4 Å². The van der Waals surface area contributed by atoms with Gasteiger partial charge in [0, 0.05) is 19.1 Å². The molecule has 0 aromatic carbocycles. The molecule has 0 spiro atoms. The Labute approximate surface area is 111 Å². The fourth-order valence-corrected chi connectivity index (χ4v) is 3.52. The molecule has 0 aliphatic heterocycles. The molecule has 0 radical (unpaired) electrons. The highest BCUT2D eigenvalue weighted by atomic mass is 32.2. The van der Waals surface area contributed by atoms with Crippen LogP contribution in [0.4, 0.5) is 0 Å². The van der Waals surface area contributed by atoms with Crippen LogP contribution < -0.4 is 10.0 Å². The van der Waals surface area contributed by atoms with Crippen molar-refractivity contribution in [3.8, 4) is 0 Å². The molecule has 0 aromatic rings. The van der Waals surface area contributed by atoms with Gasteiger partial charge < -0.3 is 5.32 Å². The average Bonchev–Trinajstić information content (AvgIpc) is 3.12. The molecule has 0 aromatic heterocycles. The fourth-order valence-electron chi connectivity index (χ4n) is 2.54. The van der Waals surface area contributed by atoms with Crippen molar-refractivity contribution in [1.82, 2.24) is 10.0 Å².